The lowest BCUT2D eigenvalue weighted by molar-refractivity contribution is 0.227. The molecule has 7 heteroatoms. The average Bonchev–Trinajstić information content (AvgIpc) is 2.42. The van der Waals surface area contributed by atoms with E-state index in [0.29, 0.717) is 5.75 Å². The quantitative estimate of drug-likeness (QED) is 0.661. The first kappa shape index (κ1) is 13.3. The van der Waals surface area contributed by atoms with Crippen LogP contribution in [0.25, 0.3) is 0 Å². The Balaban J connectivity index is 2.21. The van der Waals surface area contributed by atoms with Crippen molar-refractivity contribution in [2.24, 2.45) is 0 Å². The van der Waals surface area contributed by atoms with Crippen LogP contribution in [-0.2, 0) is 0 Å². The second kappa shape index (κ2) is 5.68. The van der Waals surface area contributed by atoms with Crippen LogP contribution < -0.4 is 15.9 Å². The Kier molecular flexibility index (Phi) is 3.98. The van der Waals surface area contributed by atoms with Crippen LogP contribution in [0.1, 0.15) is 18.6 Å². The summed E-state index contributed by atoms with van der Waals surface area (Å²) in [6.45, 7) is 1.86. The molecule has 0 unspecified atom stereocenters. The van der Waals surface area contributed by atoms with Crippen molar-refractivity contribution in [2.75, 3.05) is 5.73 Å². The fourth-order valence-corrected chi connectivity index (χ4v) is 1.60. The standard InChI is InChI=1S/C12H14BN3O3/c1-8(9-2-4-15-5-3-9)19-11-6-10(13(17)18)7-16-12(11)14/h2-8,17-18H,1H3,(H2,14,16)/t8-/m1/s1. The van der Waals surface area contributed by atoms with Gasteiger partial charge in [0.25, 0.3) is 0 Å². The van der Waals surface area contributed by atoms with Crippen molar-refractivity contribution in [3.05, 3.63) is 42.4 Å². The molecule has 0 aliphatic heterocycles. The maximum absolute atomic E-state index is 9.10. The normalized spacial score (nSPS) is 11.9. The first-order valence-electron chi connectivity index (χ1n) is 5.76. The highest BCUT2D eigenvalue weighted by atomic mass is 16.5. The lowest BCUT2D eigenvalue weighted by Crippen LogP contribution is -2.30. The molecule has 6 nitrogen and oxygen atoms in total. The van der Waals surface area contributed by atoms with Gasteiger partial charge in [-0.3, -0.25) is 4.98 Å². The summed E-state index contributed by atoms with van der Waals surface area (Å²) in [6, 6.07) is 5.13. The van der Waals surface area contributed by atoms with Crippen molar-refractivity contribution >= 4 is 18.4 Å². The van der Waals surface area contributed by atoms with Gasteiger partial charge < -0.3 is 20.5 Å². The highest BCUT2D eigenvalue weighted by Crippen LogP contribution is 2.24. The predicted octanol–water partition coefficient (Wildman–Crippen LogP) is -0.121. The van der Waals surface area contributed by atoms with Gasteiger partial charge in [0.15, 0.2) is 11.6 Å². The summed E-state index contributed by atoms with van der Waals surface area (Å²) in [5.41, 5.74) is 6.87. The minimum absolute atomic E-state index is 0.199. The van der Waals surface area contributed by atoms with Gasteiger partial charge in [0, 0.05) is 24.1 Å². The van der Waals surface area contributed by atoms with Crippen molar-refractivity contribution < 1.29 is 14.8 Å². The van der Waals surface area contributed by atoms with Gasteiger partial charge in [-0.1, -0.05) is 0 Å². The van der Waals surface area contributed by atoms with E-state index in [1.165, 1.54) is 12.3 Å². The minimum Gasteiger partial charge on any atom is -0.482 e. The van der Waals surface area contributed by atoms with E-state index in [1.54, 1.807) is 12.4 Å². The molecule has 4 N–H and O–H groups in total. The topological polar surface area (TPSA) is 101 Å². The van der Waals surface area contributed by atoms with E-state index in [1.807, 2.05) is 19.1 Å². The van der Waals surface area contributed by atoms with Crippen LogP contribution in [0.15, 0.2) is 36.8 Å². The van der Waals surface area contributed by atoms with Gasteiger partial charge in [0.2, 0.25) is 0 Å². The summed E-state index contributed by atoms with van der Waals surface area (Å²) in [6.07, 6.45) is 4.39. The van der Waals surface area contributed by atoms with Gasteiger partial charge in [0.1, 0.15) is 6.10 Å². The van der Waals surface area contributed by atoms with E-state index in [-0.39, 0.29) is 17.4 Å². The van der Waals surface area contributed by atoms with Crippen LogP contribution in [0.4, 0.5) is 5.82 Å². The van der Waals surface area contributed by atoms with Crippen LogP contribution in [0.5, 0.6) is 5.75 Å². The summed E-state index contributed by atoms with van der Waals surface area (Å²) in [5, 5.41) is 18.2. The van der Waals surface area contributed by atoms with Crippen LogP contribution >= 0.6 is 0 Å². The fourth-order valence-electron chi connectivity index (χ4n) is 1.60. The average molecular weight is 259 g/mol. The molecule has 2 aromatic heterocycles. The lowest BCUT2D eigenvalue weighted by Gasteiger charge is -2.16. The van der Waals surface area contributed by atoms with E-state index in [4.69, 9.17) is 20.5 Å². The molecule has 0 spiro atoms. The van der Waals surface area contributed by atoms with Gasteiger partial charge in [-0.15, -0.1) is 0 Å². The molecule has 0 aliphatic carbocycles. The third-order valence-corrected chi connectivity index (χ3v) is 2.68. The summed E-state index contributed by atoms with van der Waals surface area (Å²) in [5.74, 6) is 0.514. The minimum atomic E-state index is -1.60. The van der Waals surface area contributed by atoms with Crippen LogP contribution in [0.2, 0.25) is 0 Å². The maximum atomic E-state index is 9.10. The van der Waals surface area contributed by atoms with Gasteiger partial charge in [-0.2, -0.15) is 0 Å². The summed E-state index contributed by atoms with van der Waals surface area (Å²) >= 11 is 0. The second-order valence-electron chi connectivity index (χ2n) is 4.07. The Labute approximate surface area is 111 Å². The number of pyridine rings is 2. The number of nitrogens with zero attached hydrogens (tertiary/aromatic N) is 2. The van der Waals surface area contributed by atoms with E-state index < -0.39 is 7.12 Å². The maximum Gasteiger partial charge on any atom is 0.490 e. The largest absolute Gasteiger partial charge is 0.490 e. The zero-order valence-electron chi connectivity index (χ0n) is 10.4. The molecule has 98 valence electrons. The zero-order valence-corrected chi connectivity index (χ0v) is 10.4. The number of nitrogen functional groups attached to an aromatic ring is 1. The molecule has 2 rings (SSSR count). The number of anilines is 1. The van der Waals surface area contributed by atoms with E-state index in [0.717, 1.165) is 5.56 Å². The van der Waals surface area contributed by atoms with E-state index in [2.05, 4.69) is 9.97 Å². The molecule has 19 heavy (non-hydrogen) atoms. The molecule has 0 fully saturated rings. The van der Waals surface area contributed by atoms with Gasteiger partial charge in [-0.25, -0.2) is 4.98 Å². The monoisotopic (exact) mass is 259 g/mol. The van der Waals surface area contributed by atoms with Crippen LogP contribution in [-0.4, -0.2) is 27.1 Å². The zero-order chi connectivity index (χ0) is 13.8. The fraction of sp³-hybridized carbons (Fsp3) is 0.167. The Hall–Kier alpha value is -2.12. The van der Waals surface area contributed by atoms with E-state index in [9.17, 15) is 0 Å². The second-order valence-corrected chi connectivity index (χ2v) is 4.07. The molecule has 0 aromatic carbocycles. The van der Waals surface area contributed by atoms with Crippen LogP contribution in [0.3, 0.4) is 0 Å². The Morgan fingerprint density at radius 3 is 2.63 bits per heavy atom. The van der Waals surface area contributed by atoms with Crippen molar-refractivity contribution in [3.63, 3.8) is 0 Å². The Morgan fingerprint density at radius 2 is 2.00 bits per heavy atom. The summed E-state index contributed by atoms with van der Waals surface area (Å²) in [4.78, 5) is 7.80. The molecule has 0 saturated heterocycles. The SMILES string of the molecule is C[C@@H](Oc1cc(B(O)O)cnc1N)c1ccncc1. The molecular weight excluding hydrogens is 245 g/mol. The third kappa shape index (κ3) is 3.21. The lowest BCUT2D eigenvalue weighted by atomic mass is 9.81. The molecule has 0 aliphatic rings. The summed E-state index contributed by atoms with van der Waals surface area (Å²) < 4.78 is 5.68. The molecular formula is C12H14BN3O3. The molecule has 2 heterocycles. The Bertz CT molecular complexity index is 551. The predicted molar refractivity (Wildman–Crippen MR) is 71.8 cm³/mol. The van der Waals surface area contributed by atoms with Gasteiger partial charge in [0.05, 0.1) is 0 Å². The first-order valence-corrected chi connectivity index (χ1v) is 5.76. The highest BCUT2D eigenvalue weighted by molar-refractivity contribution is 6.58. The summed E-state index contributed by atoms with van der Waals surface area (Å²) in [7, 11) is -1.60. The van der Waals surface area contributed by atoms with Crippen molar-refractivity contribution in [1.82, 2.24) is 9.97 Å². The van der Waals surface area contributed by atoms with Crippen molar-refractivity contribution in [2.45, 2.75) is 13.0 Å². The third-order valence-electron chi connectivity index (χ3n) is 2.68. The molecule has 1 atom stereocenters. The molecule has 0 bridgehead atoms. The van der Waals surface area contributed by atoms with Gasteiger partial charge in [-0.05, 0) is 30.7 Å². The smallest absolute Gasteiger partial charge is 0.482 e. The first-order chi connectivity index (χ1) is 9.08. The van der Waals surface area contributed by atoms with Crippen molar-refractivity contribution in [1.29, 1.82) is 0 Å². The highest BCUT2D eigenvalue weighted by Gasteiger charge is 2.16. The number of nitrogens with two attached hydrogens (primary N) is 1. The molecule has 0 saturated carbocycles. The molecule has 0 radical (unpaired) electrons. The molecule has 0 amide bonds. The van der Waals surface area contributed by atoms with Gasteiger partial charge >= 0.3 is 7.12 Å². The molecule has 2 aromatic rings. The van der Waals surface area contributed by atoms with Crippen molar-refractivity contribution in [3.8, 4) is 5.75 Å². The van der Waals surface area contributed by atoms with E-state index >= 15 is 0 Å². The number of hydrogen-bond acceptors (Lipinski definition) is 6. The van der Waals surface area contributed by atoms with Crippen LogP contribution in [0, 0.1) is 0 Å². The number of aromatic nitrogens is 2. The number of ether oxygens (including phenoxy) is 1. The Morgan fingerprint density at radius 1 is 1.32 bits per heavy atom. The number of rotatable bonds is 4. The number of hydrogen-bond donors (Lipinski definition) is 3.